The van der Waals surface area contributed by atoms with E-state index in [1.54, 1.807) is 11.0 Å². The van der Waals surface area contributed by atoms with Gasteiger partial charge in [0.1, 0.15) is 0 Å². The number of carbonyl (C=O) groups is 2. The van der Waals surface area contributed by atoms with Crippen LogP contribution in [0.1, 0.15) is 23.1 Å². The second-order valence-electron chi connectivity index (χ2n) is 6.72. The highest BCUT2D eigenvalue weighted by atomic mass is 79.9. The molecular formula is C20H20BrClN2O2. The first-order valence-corrected chi connectivity index (χ1v) is 9.58. The quantitative estimate of drug-likeness (QED) is 0.736. The Morgan fingerprint density at radius 3 is 2.69 bits per heavy atom. The maximum atomic E-state index is 12.7. The van der Waals surface area contributed by atoms with Crippen LogP contribution in [0.2, 0.25) is 5.02 Å². The fourth-order valence-electron chi connectivity index (χ4n) is 3.15. The first-order chi connectivity index (χ1) is 12.3. The van der Waals surface area contributed by atoms with Crippen molar-refractivity contribution in [3.05, 3.63) is 56.5 Å². The van der Waals surface area contributed by atoms with E-state index < -0.39 is 0 Å². The Hall–Kier alpha value is -1.85. The van der Waals surface area contributed by atoms with Crippen LogP contribution in [-0.4, -0.2) is 18.4 Å². The molecule has 4 nitrogen and oxygen atoms in total. The molecule has 1 fully saturated rings. The van der Waals surface area contributed by atoms with E-state index in [0.29, 0.717) is 17.3 Å². The molecule has 3 rings (SSSR count). The average molecular weight is 436 g/mol. The maximum Gasteiger partial charge on any atom is 0.229 e. The van der Waals surface area contributed by atoms with E-state index in [0.717, 1.165) is 26.9 Å². The standard InChI is InChI=1S/C20H20BrClN2O2/c1-11-4-5-12(2)17(8-11)24-10-14(9-18(24)25)20(26)23-16-7-6-15(21)19(22)13(16)3/h4-8,14H,9-10H2,1-3H3,(H,23,26)/t14-/m0/s1. The lowest BCUT2D eigenvalue weighted by Gasteiger charge is -2.20. The zero-order chi connectivity index (χ0) is 19.0. The summed E-state index contributed by atoms with van der Waals surface area (Å²) in [5.41, 5.74) is 4.46. The molecule has 0 bridgehead atoms. The molecule has 0 aliphatic carbocycles. The first-order valence-electron chi connectivity index (χ1n) is 8.41. The number of anilines is 2. The predicted molar refractivity (Wildman–Crippen MR) is 109 cm³/mol. The molecule has 0 unspecified atom stereocenters. The summed E-state index contributed by atoms with van der Waals surface area (Å²) in [6.07, 6.45) is 0.211. The number of halogens is 2. The molecule has 1 aliphatic rings. The Morgan fingerprint density at radius 2 is 1.96 bits per heavy atom. The molecule has 0 saturated carbocycles. The minimum absolute atomic E-state index is 0.0237. The Balaban J connectivity index is 1.77. The van der Waals surface area contributed by atoms with E-state index in [1.165, 1.54) is 0 Å². The molecule has 1 aliphatic heterocycles. The van der Waals surface area contributed by atoms with Crippen LogP contribution in [0.3, 0.4) is 0 Å². The highest BCUT2D eigenvalue weighted by Gasteiger charge is 2.35. The lowest BCUT2D eigenvalue weighted by Crippen LogP contribution is -2.28. The summed E-state index contributed by atoms with van der Waals surface area (Å²) in [4.78, 5) is 26.9. The molecule has 2 amide bonds. The van der Waals surface area contributed by atoms with Crippen LogP contribution < -0.4 is 10.2 Å². The van der Waals surface area contributed by atoms with Gasteiger partial charge in [0.2, 0.25) is 11.8 Å². The van der Waals surface area contributed by atoms with E-state index >= 15 is 0 Å². The van der Waals surface area contributed by atoms with Crippen LogP contribution in [0, 0.1) is 26.7 Å². The minimum Gasteiger partial charge on any atom is -0.325 e. The van der Waals surface area contributed by atoms with Gasteiger partial charge in [-0.3, -0.25) is 9.59 Å². The van der Waals surface area contributed by atoms with Gasteiger partial charge in [0.25, 0.3) is 0 Å². The van der Waals surface area contributed by atoms with Crippen LogP contribution in [0.4, 0.5) is 11.4 Å². The van der Waals surface area contributed by atoms with Crippen LogP contribution >= 0.6 is 27.5 Å². The molecule has 0 spiro atoms. The summed E-state index contributed by atoms with van der Waals surface area (Å²) in [6.45, 7) is 6.21. The van der Waals surface area contributed by atoms with Crippen molar-refractivity contribution in [3.63, 3.8) is 0 Å². The fourth-order valence-corrected chi connectivity index (χ4v) is 3.74. The third-order valence-corrected chi connectivity index (χ3v) is 6.12. The van der Waals surface area contributed by atoms with Gasteiger partial charge in [-0.05, 0) is 71.6 Å². The summed E-state index contributed by atoms with van der Waals surface area (Å²) in [5, 5.41) is 3.49. The molecule has 26 heavy (non-hydrogen) atoms. The third-order valence-electron chi connectivity index (χ3n) is 4.75. The van der Waals surface area contributed by atoms with Gasteiger partial charge >= 0.3 is 0 Å². The third kappa shape index (κ3) is 3.64. The van der Waals surface area contributed by atoms with Crippen molar-refractivity contribution in [2.45, 2.75) is 27.2 Å². The predicted octanol–water partition coefficient (Wildman–Crippen LogP) is 5.02. The minimum atomic E-state index is -0.385. The summed E-state index contributed by atoms with van der Waals surface area (Å²) in [7, 11) is 0. The van der Waals surface area contributed by atoms with E-state index in [4.69, 9.17) is 11.6 Å². The van der Waals surface area contributed by atoms with Crippen molar-refractivity contribution in [2.24, 2.45) is 5.92 Å². The molecular weight excluding hydrogens is 416 g/mol. The topological polar surface area (TPSA) is 49.4 Å². The SMILES string of the molecule is Cc1ccc(C)c(N2C[C@@H](C(=O)Nc3ccc(Br)c(Cl)c3C)CC2=O)c1. The number of amides is 2. The van der Waals surface area contributed by atoms with E-state index in [2.05, 4.69) is 21.2 Å². The highest BCUT2D eigenvalue weighted by Crippen LogP contribution is 2.33. The lowest BCUT2D eigenvalue weighted by atomic mass is 10.1. The van der Waals surface area contributed by atoms with Gasteiger partial charge in [-0.15, -0.1) is 0 Å². The van der Waals surface area contributed by atoms with Crippen LogP contribution in [0.5, 0.6) is 0 Å². The zero-order valence-electron chi connectivity index (χ0n) is 14.9. The van der Waals surface area contributed by atoms with Crippen LogP contribution in [0.25, 0.3) is 0 Å². The molecule has 1 atom stereocenters. The number of benzene rings is 2. The summed E-state index contributed by atoms with van der Waals surface area (Å²) < 4.78 is 0.784. The number of rotatable bonds is 3. The molecule has 6 heteroatoms. The zero-order valence-corrected chi connectivity index (χ0v) is 17.2. The van der Waals surface area contributed by atoms with Crippen LogP contribution in [0.15, 0.2) is 34.8 Å². The smallest absolute Gasteiger partial charge is 0.229 e. The van der Waals surface area contributed by atoms with Gasteiger partial charge in [-0.1, -0.05) is 23.7 Å². The second-order valence-corrected chi connectivity index (χ2v) is 7.95. The molecule has 1 saturated heterocycles. The van der Waals surface area contributed by atoms with Gasteiger partial charge < -0.3 is 10.2 Å². The molecule has 1 heterocycles. The van der Waals surface area contributed by atoms with Crippen molar-refractivity contribution in [1.29, 1.82) is 0 Å². The van der Waals surface area contributed by atoms with Crippen molar-refractivity contribution < 1.29 is 9.59 Å². The van der Waals surface area contributed by atoms with Gasteiger partial charge in [-0.25, -0.2) is 0 Å². The van der Waals surface area contributed by atoms with Gasteiger partial charge in [0.05, 0.1) is 10.9 Å². The molecule has 1 N–H and O–H groups in total. The van der Waals surface area contributed by atoms with Gasteiger partial charge in [0.15, 0.2) is 0 Å². The Morgan fingerprint density at radius 1 is 1.23 bits per heavy atom. The van der Waals surface area contributed by atoms with Gasteiger partial charge in [0, 0.05) is 28.8 Å². The summed E-state index contributed by atoms with van der Waals surface area (Å²) in [5.74, 6) is -0.568. The number of carbonyl (C=O) groups excluding carboxylic acids is 2. The normalized spacial score (nSPS) is 16.9. The first kappa shape index (κ1) is 18.9. The van der Waals surface area contributed by atoms with E-state index in [-0.39, 0.29) is 24.2 Å². The van der Waals surface area contributed by atoms with Gasteiger partial charge in [-0.2, -0.15) is 0 Å². The van der Waals surface area contributed by atoms with Crippen molar-refractivity contribution in [1.82, 2.24) is 0 Å². The Labute approximate surface area is 166 Å². The molecule has 136 valence electrons. The number of nitrogens with zero attached hydrogens (tertiary/aromatic N) is 1. The molecule has 2 aromatic carbocycles. The monoisotopic (exact) mass is 434 g/mol. The maximum absolute atomic E-state index is 12.7. The number of aryl methyl sites for hydroxylation is 2. The molecule has 2 aromatic rings. The number of hydrogen-bond donors (Lipinski definition) is 1. The van der Waals surface area contributed by atoms with Crippen molar-refractivity contribution in [3.8, 4) is 0 Å². The van der Waals surface area contributed by atoms with E-state index in [9.17, 15) is 9.59 Å². The molecule has 0 radical (unpaired) electrons. The number of nitrogens with one attached hydrogen (secondary N) is 1. The Bertz CT molecular complexity index is 898. The summed E-state index contributed by atoms with van der Waals surface area (Å²) in [6, 6.07) is 9.61. The fraction of sp³-hybridized carbons (Fsp3) is 0.300. The lowest BCUT2D eigenvalue weighted by molar-refractivity contribution is -0.122. The Kier molecular flexibility index (Phi) is 5.39. The largest absolute Gasteiger partial charge is 0.325 e. The van der Waals surface area contributed by atoms with Crippen molar-refractivity contribution >= 4 is 50.7 Å². The second kappa shape index (κ2) is 7.41. The van der Waals surface area contributed by atoms with Crippen LogP contribution in [-0.2, 0) is 9.59 Å². The average Bonchev–Trinajstić information content (AvgIpc) is 2.99. The van der Waals surface area contributed by atoms with E-state index in [1.807, 2.05) is 45.0 Å². The molecule has 0 aromatic heterocycles. The summed E-state index contributed by atoms with van der Waals surface area (Å²) >= 11 is 9.59. The number of hydrogen-bond acceptors (Lipinski definition) is 2. The van der Waals surface area contributed by atoms with Crippen molar-refractivity contribution in [2.75, 3.05) is 16.8 Å². The highest BCUT2D eigenvalue weighted by molar-refractivity contribution is 9.10.